The molecule has 0 aliphatic heterocycles. The van der Waals surface area contributed by atoms with Gasteiger partial charge < -0.3 is 4.74 Å². The van der Waals surface area contributed by atoms with Gasteiger partial charge in [-0.15, -0.1) is 0 Å². The highest BCUT2D eigenvalue weighted by atomic mass is 79.9. The van der Waals surface area contributed by atoms with E-state index >= 15 is 0 Å². The normalized spacial score (nSPS) is 11.9. The second kappa shape index (κ2) is 8.76. The van der Waals surface area contributed by atoms with Gasteiger partial charge in [0.15, 0.2) is 0 Å². The highest BCUT2D eigenvalue weighted by molar-refractivity contribution is 9.10. The fourth-order valence-corrected chi connectivity index (χ4v) is 3.03. The van der Waals surface area contributed by atoms with E-state index in [0.29, 0.717) is 18.9 Å². The van der Waals surface area contributed by atoms with E-state index in [-0.39, 0.29) is 5.75 Å². The topological polar surface area (TPSA) is 69.4 Å². The number of benzene rings is 1. The molecule has 0 aliphatic carbocycles. The first-order valence-corrected chi connectivity index (χ1v) is 9.73. The van der Waals surface area contributed by atoms with Crippen molar-refractivity contribution in [1.82, 2.24) is 0 Å². The van der Waals surface area contributed by atoms with Crippen LogP contribution in [0.4, 0.5) is 0 Å². The number of hydrogen-bond acceptors (Lipinski definition) is 3. The number of unbranched alkanes of at least 4 members (excludes halogenated alkanes) is 3. The molecule has 21 heavy (non-hydrogen) atoms. The average molecular weight is 378 g/mol. The highest BCUT2D eigenvalue weighted by Gasteiger charge is 2.08. The van der Waals surface area contributed by atoms with Crippen molar-refractivity contribution in [3.8, 4) is 5.75 Å². The largest absolute Gasteiger partial charge is 0.493 e. The van der Waals surface area contributed by atoms with Crippen LogP contribution in [0, 0.1) is 0 Å². The number of rotatable bonds is 9. The molecular weight excluding hydrogens is 354 g/mol. The molecule has 120 valence electrons. The van der Waals surface area contributed by atoms with Gasteiger partial charge in [0.1, 0.15) is 5.75 Å². The molecule has 0 spiro atoms. The number of sulfonamides is 1. The Kier molecular flexibility index (Phi) is 7.70. The molecule has 1 rings (SSSR count). The second-order valence-electron chi connectivity index (χ2n) is 5.47. The van der Waals surface area contributed by atoms with E-state index in [4.69, 9.17) is 9.88 Å². The van der Waals surface area contributed by atoms with Crippen LogP contribution in [0.5, 0.6) is 5.75 Å². The van der Waals surface area contributed by atoms with Crippen molar-refractivity contribution in [3.63, 3.8) is 0 Å². The van der Waals surface area contributed by atoms with Gasteiger partial charge >= 0.3 is 0 Å². The van der Waals surface area contributed by atoms with Gasteiger partial charge in [0, 0.05) is 4.47 Å². The summed E-state index contributed by atoms with van der Waals surface area (Å²) in [6, 6.07) is 6.06. The molecule has 4 nitrogen and oxygen atoms in total. The first-order valence-electron chi connectivity index (χ1n) is 7.22. The van der Waals surface area contributed by atoms with Crippen LogP contribution in [0.3, 0.4) is 0 Å². The van der Waals surface area contributed by atoms with Crippen LogP contribution >= 0.6 is 15.9 Å². The maximum absolute atomic E-state index is 10.8. The molecule has 0 unspecified atom stereocenters. The van der Waals surface area contributed by atoms with E-state index in [1.54, 1.807) is 0 Å². The zero-order valence-electron chi connectivity index (χ0n) is 12.6. The predicted molar refractivity (Wildman–Crippen MR) is 90.2 cm³/mol. The molecular formula is C15H24BrNO3S. The van der Waals surface area contributed by atoms with Crippen LogP contribution in [-0.2, 0) is 10.0 Å². The van der Waals surface area contributed by atoms with E-state index in [0.717, 1.165) is 29.5 Å². The first-order chi connectivity index (χ1) is 9.79. The molecule has 1 aromatic carbocycles. The Morgan fingerprint density at radius 1 is 1.19 bits per heavy atom. The van der Waals surface area contributed by atoms with Gasteiger partial charge in [-0.2, -0.15) is 0 Å². The Hall–Kier alpha value is -0.590. The molecule has 0 saturated heterocycles. The highest BCUT2D eigenvalue weighted by Crippen LogP contribution is 2.29. The third-order valence-electron chi connectivity index (χ3n) is 3.17. The fourth-order valence-electron chi connectivity index (χ4n) is 2.04. The maximum Gasteiger partial charge on any atom is 0.209 e. The summed E-state index contributed by atoms with van der Waals surface area (Å²) in [5, 5.41) is 4.95. The van der Waals surface area contributed by atoms with Crippen molar-refractivity contribution in [3.05, 3.63) is 28.2 Å². The number of nitrogens with two attached hydrogens (primary N) is 1. The van der Waals surface area contributed by atoms with E-state index in [1.165, 1.54) is 5.56 Å². The number of hydrogen-bond donors (Lipinski definition) is 1. The summed E-state index contributed by atoms with van der Waals surface area (Å²) in [7, 11) is -3.31. The third kappa shape index (κ3) is 7.83. The number of ether oxygens (including phenoxy) is 1. The van der Waals surface area contributed by atoms with Gasteiger partial charge in [-0.3, -0.25) is 0 Å². The molecule has 0 atom stereocenters. The van der Waals surface area contributed by atoms with Gasteiger partial charge in [-0.05, 0) is 42.5 Å². The van der Waals surface area contributed by atoms with Crippen LogP contribution in [0.25, 0.3) is 0 Å². The molecule has 0 bridgehead atoms. The lowest BCUT2D eigenvalue weighted by atomic mass is 10.0. The van der Waals surface area contributed by atoms with Crippen LogP contribution in [0.15, 0.2) is 22.7 Å². The van der Waals surface area contributed by atoms with Crippen molar-refractivity contribution in [2.75, 3.05) is 12.4 Å². The molecule has 0 aliphatic rings. The minimum Gasteiger partial charge on any atom is -0.493 e. The molecule has 1 aromatic rings. The Balaban J connectivity index is 2.30. The van der Waals surface area contributed by atoms with Gasteiger partial charge in [-0.1, -0.05) is 42.6 Å². The fraction of sp³-hybridized carbons (Fsp3) is 0.600. The SMILES string of the molecule is CC(C)c1cc(Br)ccc1OCCCCCCS(N)(=O)=O. The molecule has 0 radical (unpaired) electrons. The van der Waals surface area contributed by atoms with Crippen molar-refractivity contribution in [2.24, 2.45) is 5.14 Å². The van der Waals surface area contributed by atoms with Gasteiger partial charge in [0.2, 0.25) is 10.0 Å². The lowest BCUT2D eigenvalue weighted by Crippen LogP contribution is -2.16. The zero-order chi connectivity index (χ0) is 15.9. The molecule has 0 amide bonds. The predicted octanol–water partition coefficient (Wildman–Crippen LogP) is 3.80. The summed E-state index contributed by atoms with van der Waals surface area (Å²) in [5.74, 6) is 1.41. The van der Waals surface area contributed by atoms with Crippen molar-refractivity contribution < 1.29 is 13.2 Å². The van der Waals surface area contributed by atoms with Gasteiger partial charge in [0.05, 0.1) is 12.4 Å². The Bertz CT molecular complexity index is 544. The van der Waals surface area contributed by atoms with Crippen molar-refractivity contribution in [2.45, 2.75) is 45.4 Å². The zero-order valence-corrected chi connectivity index (χ0v) is 15.0. The summed E-state index contributed by atoms with van der Waals surface area (Å²) in [4.78, 5) is 0. The number of halogens is 1. The lowest BCUT2D eigenvalue weighted by molar-refractivity contribution is 0.301. The van der Waals surface area contributed by atoms with E-state index < -0.39 is 10.0 Å². The summed E-state index contributed by atoms with van der Waals surface area (Å²) >= 11 is 3.48. The standard InChI is InChI=1S/C15H24BrNO3S/c1-12(2)14-11-13(16)7-8-15(14)20-9-5-3-4-6-10-21(17,18)19/h7-8,11-12H,3-6,9-10H2,1-2H3,(H2,17,18,19). The van der Waals surface area contributed by atoms with Gasteiger partial charge in [-0.25, -0.2) is 13.6 Å². The monoisotopic (exact) mass is 377 g/mol. The quantitative estimate of drug-likeness (QED) is 0.665. The minimum atomic E-state index is -3.31. The third-order valence-corrected chi connectivity index (χ3v) is 4.53. The molecule has 6 heteroatoms. The molecule has 0 aromatic heterocycles. The van der Waals surface area contributed by atoms with Crippen LogP contribution in [0.2, 0.25) is 0 Å². The average Bonchev–Trinajstić information content (AvgIpc) is 2.37. The summed E-state index contributed by atoms with van der Waals surface area (Å²) in [5.41, 5.74) is 1.19. The smallest absolute Gasteiger partial charge is 0.209 e. The van der Waals surface area contributed by atoms with Crippen LogP contribution in [-0.4, -0.2) is 20.8 Å². The Labute approximate surface area is 136 Å². The van der Waals surface area contributed by atoms with Crippen molar-refractivity contribution in [1.29, 1.82) is 0 Å². The van der Waals surface area contributed by atoms with E-state index in [1.807, 2.05) is 12.1 Å². The van der Waals surface area contributed by atoms with E-state index in [9.17, 15) is 8.42 Å². The van der Waals surface area contributed by atoms with Crippen LogP contribution in [0.1, 0.15) is 51.0 Å². The lowest BCUT2D eigenvalue weighted by Gasteiger charge is -2.14. The Morgan fingerprint density at radius 3 is 2.48 bits per heavy atom. The number of primary sulfonamides is 1. The summed E-state index contributed by atoms with van der Waals surface area (Å²) in [6.07, 6.45) is 3.34. The molecule has 0 saturated carbocycles. The van der Waals surface area contributed by atoms with Crippen LogP contribution < -0.4 is 9.88 Å². The molecule has 0 heterocycles. The Morgan fingerprint density at radius 2 is 1.86 bits per heavy atom. The van der Waals surface area contributed by atoms with Crippen molar-refractivity contribution >= 4 is 26.0 Å². The summed E-state index contributed by atoms with van der Waals surface area (Å²) in [6.45, 7) is 4.93. The molecule has 2 N–H and O–H groups in total. The first kappa shape index (κ1) is 18.5. The molecule has 0 fully saturated rings. The van der Waals surface area contributed by atoms with Gasteiger partial charge in [0.25, 0.3) is 0 Å². The maximum atomic E-state index is 10.8. The summed E-state index contributed by atoms with van der Waals surface area (Å²) < 4.78 is 28.5. The minimum absolute atomic E-state index is 0.0675. The van der Waals surface area contributed by atoms with E-state index in [2.05, 4.69) is 35.8 Å². The second-order valence-corrected chi connectivity index (χ2v) is 8.12.